The average Bonchev–Trinajstić information content (AvgIpc) is 3.78. The SMILES string of the molecule is C=CC1(C(=C)C)c2ccccc2-c2ccc(-c3cc(-c4ccccc4)c4ccc5c(-c6ccccc6)cc(-c6ccc7c(c6)C(C=C)(C(=C)C)c6ccccc6-7)nc5c4n3)cc21. The molecule has 0 amide bonds. The molecule has 11 rings (SSSR count). The Balaban J connectivity index is 1.20. The molecule has 0 radical (unpaired) electrons. The molecule has 0 saturated heterocycles. The van der Waals surface area contributed by atoms with Crippen LogP contribution in [-0.2, 0) is 10.8 Å². The summed E-state index contributed by atoms with van der Waals surface area (Å²) in [6.45, 7) is 22.0. The fraction of sp³-hybridized carbons (Fsp3) is 0.0667. The largest absolute Gasteiger partial charge is 0.245 e. The Hall–Kier alpha value is -7.68. The Bertz CT molecular complexity index is 3160. The van der Waals surface area contributed by atoms with Crippen LogP contribution in [0.1, 0.15) is 36.1 Å². The van der Waals surface area contributed by atoms with Gasteiger partial charge in [0.15, 0.2) is 0 Å². The van der Waals surface area contributed by atoms with Crippen LogP contribution in [0.25, 0.3) is 88.8 Å². The molecule has 2 heteroatoms. The zero-order valence-corrected chi connectivity index (χ0v) is 35.0. The average molecular weight is 793 g/mol. The summed E-state index contributed by atoms with van der Waals surface area (Å²) in [7, 11) is 0. The lowest BCUT2D eigenvalue weighted by atomic mass is 9.73. The molecule has 2 aromatic heterocycles. The molecule has 7 aromatic carbocycles. The van der Waals surface area contributed by atoms with Gasteiger partial charge >= 0.3 is 0 Å². The van der Waals surface area contributed by atoms with Crippen LogP contribution in [0.5, 0.6) is 0 Å². The number of nitrogens with zero attached hydrogens (tertiary/aromatic N) is 2. The number of pyridine rings is 2. The second-order valence-corrected chi connectivity index (χ2v) is 16.9. The van der Waals surface area contributed by atoms with Crippen molar-refractivity contribution < 1.29 is 0 Å². The lowest BCUT2D eigenvalue weighted by Crippen LogP contribution is -2.23. The molecule has 2 aliphatic rings. The van der Waals surface area contributed by atoms with Crippen molar-refractivity contribution in [2.45, 2.75) is 24.7 Å². The zero-order valence-electron chi connectivity index (χ0n) is 35.0. The van der Waals surface area contributed by atoms with E-state index in [0.717, 1.165) is 77.7 Å². The minimum atomic E-state index is -0.515. The molecule has 2 aliphatic carbocycles. The van der Waals surface area contributed by atoms with Gasteiger partial charge in [0.05, 0.1) is 33.3 Å². The van der Waals surface area contributed by atoms with Crippen molar-refractivity contribution in [3.63, 3.8) is 0 Å². The monoisotopic (exact) mass is 792 g/mol. The van der Waals surface area contributed by atoms with Crippen molar-refractivity contribution in [2.24, 2.45) is 0 Å². The van der Waals surface area contributed by atoms with Gasteiger partial charge < -0.3 is 0 Å². The van der Waals surface area contributed by atoms with Crippen molar-refractivity contribution in [3.8, 4) is 67.0 Å². The Morgan fingerprint density at radius 3 is 1.15 bits per heavy atom. The van der Waals surface area contributed by atoms with Gasteiger partial charge in [0.2, 0.25) is 0 Å². The lowest BCUT2D eigenvalue weighted by Gasteiger charge is -2.29. The van der Waals surface area contributed by atoms with Gasteiger partial charge in [-0.2, -0.15) is 0 Å². The first kappa shape index (κ1) is 37.3. The minimum absolute atomic E-state index is 0.515. The second kappa shape index (κ2) is 13.9. The summed E-state index contributed by atoms with van der Waals surface area (Å²) in [5.74, 6) is 0. The van der Waals surface area contributed by atoms with Crippen molar-refractivity contribution in [2.75, 3.05) is 0 Å². The number of hydrogen-bond acceptors (Lipinski definition) is 2. The van der Waals surface area contributed by atoms with E-state index in [9.17, 15) is 0 Å². The van der Waals surface area contributed by atoms with E-state index in [-0.39, 0.29) is 0 Å². The first-order valence-corrected chi connectivity index (χ1v) is 21.3. The van der Waals surface area contributed by atoms with E-state index in [1.54, 1.807) is 0 Å². The van der Waals surface area contributed by atoms with Crippen LogP contribution in [-0.4, -0.2) is 9.97 Å². The maximum Gasteiger partial charge on any atom is 0.0978 e. The molecule has 0 aliphatic heterocycles. The third-order valence-corrected chi connectivity index (χ3v) is 13.7. The minimum Gasteiger partial charge on any atom is -0.245 e. The molecule has 9 aromatic rings. The number of hydrogen-bond donors (Lipinski definition) is 0. The molecule has 0 fully saturated rings. The topological polar surface area (TPSA) is 25.8 Å². The molecule has 2 unspecified atom stereocenters. The van der Waals surface area contributed by atoms with Crippen molar-refractivity contribution in [1.29, 1.82) is 0 Å². The van der Waals surface area contributed by atoms with E-state index < -0.39 is 10.8 Å². The van der Waals surface area contributed by atoms with Crippen molar-refractivity contribution in [3.05, 3.63) is 242 Å². The summed E-state index contributed by atoms with van der Waals surface area (Å²) in [4.78, 5) is 11.3. The van der Waals surface area contributed by atoms with Gasteiger partial charge in [-0.1, -0.05) is 182 Å². The summed E-state index contributed by atoms with van der Waals surface area (Å²) < 4.78 is 0. The standard InChI is InChI=1S/C60H44N2/c1-7-59(37(3)4)51-25-17-15-23-43(51)45-29-27-41(33-53(45)59)55-35-49(39-19-11-9-12-20-39)47-31-32-48-50(40-21-13-10-14-22-40)36-56(62-58(48)57(47)61-55)42-28-30-46-44-24-16-18-26-52(44)60(8-2,38(5)6)54(46)34-42/h7-36H,1-3,5H2,4,6H3. The van der Waals surface area contributed by atoms with E-state index in [1.807, 2.05) is 0 Å². The van der Waals surface area contributed by atoms with E-state index >= 15 is 0 Å². The molecule has 0 spiro atoms. The van der Waals surface area contributed by atoms with Crippen LogP contribution >= 0.6 is 0 Å². The Kier molecular flexibility index (Phi) is 8.39. The molecule has 0 saturated carbocycles. The van der Waals surface area contributed by atoms with Gasteiger partial charge in [-0.25, -0.2) is 9.97 Å². The van der Waals surface area contributed by atoms with Gasteiger partial charge in [-0.15, -0.1) is 13.2 Å². The molecule has 2 atom stereocenters. The highest BCUT2D eigenvalue weighted by atomic mass is 14.8. The molecule has 294 valence electrons. The van der Waals surface area contributed by atoms with E-state index in [4.69, 9.17) is 9.97 Å². The zero-order chi connectivity index (χ0) is 42.3. The highest BCUT2D eigenvalue weighted by molar-refractivity contribution is 6.13. The quantitative estimate of drug-likeness (QED) is 0.113. The highest BCUT2D eigenvalue weighted by Gasteiger charge is 2.43. The van der Waals surface area contributed by atoms with Gasteiger partial charge in [0.1, 0.15) is 0 Å². The summed E-state index contributed by atoms with van der Waals surface area (Å²) in [6.07, 6.45) is 4.12. The molecule has 2 nitrogen and oxygen atoms in total. The Morgan fingerprint density at radius 2 is 0.758 bits per heavy atom. The van der Waals surface area contributed by atoms with Crippen molar-refractivity contribution in [1.82, 2.24) is 9.97 Å². The summed E-state index contributed by atoms with van der Waals surface area (Å²) in [6, 6.07) is 61.0. The second-order valence-electron chi connectivity index (χ2n) is 16.9. The molecule has 0 N–H and O–H groups in total. The van der Waals surface area contributed by atoms with Crippen LogP contribution in [0.4, 0.5) is 0 Å². The normalized spacial score (nSPS) is 16.9. The Morgan fingerprint density at radius 1 is 0.387 bits per heavy atom. The van der Waals surface area contributed by atoms with Crippen LogP contribution < -0.4 is 0 Å². The third kappa shape index (κ3) is 5.17. The van der Waals surface area contributed by atoms with E-state index in [1.165, 1.54) is 44.5 Å². The van der Waals surface area contributed by atoms with Gasteiger partial charge in [-0.3, -0.25) is 0 Å². The third-order valence-electron chi connectivity index (χ3n) is 13.7. The number of benzene rings is 7. The summed E-state index contributed by atoms with van der Waals surface area (Å²) in [5, 5.41) is 2.09. The fourth-order valence-electron chi connectivity index (χ4n) is 10.6. The maximum atomic E-state index is 5.63. The predicted molar refractivity (Wildman–Crippen MR) is 261 cm³/mol. The molecule has 2 heterocycles. The molecule has 0 bridgehead atoms. The van der Waals surface area contributed by atoms with Crippen LogP contribution in [0, 0.1) is 0 Å². The summed E-state index contributed by atoms with van der Waals surface area (Å²) in [5.41, 5.74) is 20.6. The maximum absolute atomic E-state index is 5.63. The first-order chi connectivity index (χ1) is 30.3. The van der Waals surface area contributed by atoms with E-state index in [0.29, 0.717) is 0 Å². The van der Waals surface area contributed by atoms with Gasteiger partial charge in [0, 0.05) is 21.9 Å². The number of allylic oxidation sites excluding steroid dienone is 4. The highest BCUT2D eigenvalue weighted by Crippen LogP contribution is 2.55. The smallest absolute Gasteiger partial charge is 0.0978 e. The van der Waals surface area contributed by atoms with Crippen LogP contribution in [0.15, 0.2) is 219 Å². The van der Waals surface area contributed by atoms with Crippen molar-refractivity contribution >= 4 is 21.8 Å². The number of rotatable bonds is 8. The van der Waals surface area contributed by atoms with E-state index in [2.05, 4.69) is 222 Å². The van der Waals surface area contributed by atoms with Gasteiger partial charge in [0.25, 0.3) is 0 Å². The number of fused-ring (bicyclic) bond motifs is 9. The predicted octanol–water partition coefficient (Wildman–Crippen LogP) is 15.5. The number of aromatic nitrogens is 2. The van der Waals surface area contributed by atoms with Crippen LogP contribution in [0.2, 0.25) is 0 Å². The molecular formula is C60H44N2. The molecular weight excluding hydrogens is 749 g/mol. The lowest BCUT2D eigenvalue weighted by molar-refractivity contribution is 0.787. The molecule has 62 heavy (non-hydrogen) atoms. The first-order valence-electron chi connectivity index (χ1n) is 21.3. The Labute approximate surface area is 363 Å². The fourth-order valence-corrected chi connectivity index (χ4v) is 10.6. The summed E-state index contributed by atoms with van der Waals surface area (Å²) >= 11 is 0. The van der Waals surface area contributed by atoms with Crippen LogP contribution in [0.3, 0.4) is 0 Å². The van der Waals surface area contributed by atoms with Gasteiger partial charge in [-0.05, 0) is 105 Å².